The fourth-order valence-electron chi connectivity index (χ4n) is 3.36. The summed E-state index contributed by atoms with van der Waals surface area (Å²) < 4.78 is 0. The van der Waals surface area contributed by atoms with Gasteiger partial charge in [-0.05, 0) is 50.3 Å². The molecule has 22 heavy (non-hydrogen) atoms. The number of alkyl halides is 1. The van der Waals surface area contributed by atoms with Crippen molar-refractivity contribution in [2.24, 2.45) is 5.92 Å². The van der Waals surface area contributed by atoms with Crippen molar-refractivity contribution in [2.75, 3.05) is 25.5 Å². The van der Waals surface area contributed by atoms with Gasteiger partial charge in [0.25, 0.3) is 0 Å². The maximum atomic E-state index is 12.0. The highest BCUT2D eigenvalue weighted by Gasteiger charge is 2.34. The van der Waals surface area contributed by atoms with E-state index in [9.17, 15) is 4.79 Å². The first-order valence-corrected chi connectivity index (χ1v) is 8.91. The molecule has 1 aromatic rings. The molecule has 0 aromatic heterocycles. The van der Waals surface area contributed by atoms with Crippen molar-refractivity contribution < 1.29 is 4.79 Å². The summed E-state index contributed by atoms with van der Waals surface area (Å²) in [6.45, 7) is 4.22. The smallest absolute Gasteiger partial charge is 0.237 e. The molecule has 3 rings (SSSR count). The molecule has 4 heteroatoms. The highest BCUT2D eigenvalue weighted by molar-refractivity contribution is 6.27. The number of hydrogen-bond acceptors (Lipinski definition) is 2. The summed E-state index contributed by atoms with van der Waals surface area (Å²) in [5, 5.41) is 0. The summed E-state index contributed by atoms with van der Waals surface area (Å²) in [7, 11) is 0. The monoisotopic (exact) mass is 320 g/mol. The summed E-state index contributed by atoms with van der Waals surface area (Å²) in [5.41, 5.74) is 1.39. The van der Waals surface area contributed by atoms with Crippen LogP contribution in [0.2, 0.25) is 0 Å². The third kappa shape index (κ3) is 4.23. The first kappa shape index (κ1) is 15.8. The van der Waals surface area contributed by atoms with Gasteiger partial charge in [-0.1, -0.05) is 30.3 Å². The number of piperidine rings is 1. The van der Waals surface area contributed by atoms with Crippen molar-refractivity contribution in [3.63, 3.8) is 0 Å². The molecule has 1 aromatic carbocycles. The lowest BCUT2D eigenvalue weighted by Crippen LogP contribution is -2.42. The molecule has 2 fully saturated rings. The van der Waals surface area contributed by atoms with Crippen LogP contribution < -0.4 is 0 Å². The van der Waals surface area contributed by atoms with Gasteiger partial charge in [0.2, 0.25) is 5.91 Å². The van der Waals surface area contributed by atoms with E-state index in [4.69, 9.17) is 11.6 Å². The lowest BCUT2D eigenvalue weighted by atomic mass is 9.95. The molecule has 120 valence electrons. The number of likely N-dealkylation sites (tertiary alicyclic amines) is 1. The fourth-order valence-corrected chi connectivity index (χ4v) is 3.52. The number of amides is 1. The second-order valence-electron chi connectivity index (χ2n) is 6.62. The van der Waals surface area contributed by atoms with Crippen LogP contribution in [0.3, 0.4) is 0 Å². The van der Waals surface area contributed by atoms with Gasteiger partial charge in [0, 0.05) is 19.1 Å². The Bertz CT molecular complexity index is 481. The maximum Gasteiger partial charge on any atom is 0.237 e. The molecule has 0 unspecified atom stereocenters. The maximum absolute atomic E-state index is 12.0. The Balaban J connectivity index is 1.46. The van der Waals surface area contributed by atoms with E-state index in [1.54, 1.807) is 0 Å². The zero-order chi connectivity index (χ0) is 15.4. The van der Waals surface area contributed by atoms with E-state index >= 15 is 0 Å². The second-order valence-corrected chi connectivity index (χ2v) is 6.88. The van der Waals surface area contributed by atoms with Crippen LogP contribution in [0.5, 0.6) is 0 Å². The van der Waals surface area contributed by atoms with E-state index in [1.807, 2.05) is 4.90 Å². The molecule has 0 radical (unpaired) electrons. The molecule has 0 bridgehead atoms. The van der Waals surface area contributed by atoms with E-state index in [1.165, 1.54) is 18.4 Å². The van der Waals surface area contributed by atoms with Gasteiger partial charge in [-0.3, -0.25) is 9.69 Å². The second kappa shape index (κ2) is 7.47. The third-order valence-corrected chi connectivity index (χ3v) is 5.06. The van der Waals surface area contributed by atoms with Crippen molar-refractivity contribution >= 4 is 17.5 Å². The number of carbonyl (C=O) groups excluding carboxylic acids is 1. The average Bonchev–Trinajstić information content (AvgIpc) is 3.39. The van der Waals surface area contributed by atoms with E-state index < -0.39 is 0 Å². The minimum atomic E-state index is 0.121. The average molecular weight is 321 g/mol. The minimum Gasteiger partial charge on any atom is -0.338 e. The van der Waals surface area contributed by atoms with Crippen molar-refractivity contribution in [3.05, 3.63) is 35.9 Å². The number of benzene rings is 1. The Morgan fingerprint density at radius 2 is 1.82 bits per heavy atom. The van der Waals surface area contributed by atoms with E-state index in [0.717, 1.165) is 39.0 Å². The first-order valence-electron chi connectivity index (χ1n) is 8.38. The summed E-state index contributed by atoms with van der Waals surface area (Å²) >= 11 is 5.75. The third-order valence-electron chi connectivity index (χ3n) is 4.83. The largest absolute Gasteiger partial charge is 0.338 e. The Morgan fingerprint density at radius 3 is 2.41 bits per heavy atom. The highest BCUT2D eigenvalue weighted by atomic mass is 35.5. The number of rotatable bonds is 6. The van der Waals surface area contributed by atoms with Gasteiger partial charge in [0.05, 0.1) is 0 Å². The van der Waals surface area contributed by atoms with Gasteiger partial charge in [-0.25, -0.2) is 0 Å². The lowest BCUT2D eigenvalue weighted by molar-refractivity contribution is -0.130. The van der Waals surface area contributed by atoms with Crippen molar-refractivity contribution in [1.29, 1.82) is 0 Å². The van der Waals surface area contributed by atoms with Gasteiger partial charge in [0.1, 0.15) is 5.88 Å². The lowest BCUT2D eigenvalue weighted by Gasteiger charge is -2.35. The van der Waals surface area contributed by atoms with Gasteiger partial charge in [0.15, 0.2) is 0 Å². The molecule has 1 saturated heterocycles. The molecule has 1 aliphatic carbocycles. The zero-order valence-electron chi connectivity index (χ0n) is 13.1. The molecule has 2 aliphatic rings. The number of hydrogen-bond donors (Lipinski definition) is 0. The predicted molar refractivity (Wildman–Crippen MR) is 89.9 cm³/mol. The van der Waals surface area contributed by atoms with Gasteiger partial charge >= 0.3 is 0 Å². The zero-order valence-corrected chi connectivity index (χ0v) is 13.8. The number of halogens is 1. The van der Waals surface area contributed by atoms with Crippen LogP contribution in [-0.4, -0.2) is 47.3 Å². The quantitative estimate of drug-likeness (QED) is 0.752. The van der Waals surface area contributed by atoms with Crippen LogP contribution in [0.1, 0.15) is 31.2 Å². The van der Waals surface area contributed by atoms with Gasteiger partial charge < -0.3 is 4.90 Å². The Labute approximate surface area is 138 Å². The SMILES string of the molecule is O=C(CCl)N(CC1CCN(Cc2ccccc2)CC1)C1CC1. The summed E-state index contributed by atoms with van der Waals surface area (Å²) in [5.74, 6) is 0.888. The van der Waals surface area contributed by atoms with Crippen LogP contribution in [0, 0.1) is 5.92 Å². The van der Waals surface area contributed by atoms with Gasteiger partial charge in [-0.2, -0.15) is 0 Å². The van der Waals surface area contributed by atoms with Crippen LogP contribution in [0.15, 0.2) is 30.3 Å². The van der Waals surface area contributed by atoms with E-state index in [-0.39, 0.29) is 11.8 Å². The Kier molecular flexibility index (Phi) is 5.37. The predicted octanol–water partition coefficient (Wildman–Crippen LogP) is 3.13. The standard InChI is InChI=1S/C18H25ClN2O/c19-12-18(22)21(17-6-7-17)14-16-8-10-20(11-9-16)13-15-4-2-1-3-5-15/h1-5,16-17H,6-14H2. The minimum absolute atomic E-state index is 0.121. The molecule has 1 saturated carbocycles. The molecular weight excluding hydrogens is 296 g/mol. The van der Waals surface area contributed by atoms with E-state index in [0.29, 0.717) is 12.0 Å². The fraction of sp³-hybridized carbons (Fsp3) is 0.611. The molecule has 0 N–H and O–H groups in total. The topological polar surface area (TPSA) is 23.6 Å². The molecule has 1 heterocycles. The van der Waals surface area contributed by atoms with Crippen LogP contribution >= 0.6 is 11.6 Å². The first-order chi connectivity index (χ1) is 10.8. The molecule has 1 aliphatic heterocycles. The molecule has 0 atom stereocenters. The van der Waals surface area contributed by atoms with Gasteiger partial charge in [-0.15, -0.1) is 11.6 Å². The Hall–Kier alpha value is -1.06. The van der Waals surface area contributed by atoms with E-state index in [2.05, 4.69) is 35.2 Å². The molecule has 1 amide bonds. The normalized spacial score (nSPS) is 20.0. The van der Waals surface area contributed by atoms with Crippen molar-refractivity contribution in [2.45, 2.75) is 38.3 Å². The summed E-state index contributed by atoms with van der Waals surface area (Å²) in [6, 6.07) is 11.1. The van der Waals surface area contributed by atoms with Crippen molar-refractivity contribution in [3.8, 4) is 0 Å². The summed E-state index contributed by atoms with van der Waals surface area (Å²) in [4.78, 5) is 16.5. The van der Waals surface area contributed by atoms with Crippen LogP contribution in [0.4, 0.5) is 0 Å². The summed E-state index contributed by atoms with van der Waals surface area (Å²) in [6.07, 6.45) is 4.70. The number of nitrogens with zero attached hydrogens (tertiary/aromatic N) is 2. The van der Waals surface area contributed by atoms with Crippen molar-refractivity contribution in [1.82, 2.24) is 9.80 Å². The highest BCUT2D eigenvalue weighted by Crippen LogP contribution is 2.30. The molecule has 0 spiro atoms. The molecule has 3 nitrogen and oxygen atoms in total. The number of carbonyl (C=O) groups is 1. The van der Waals surface area contributed by atoms with Crippen LogP contribution in [0.25, 0.3) is 0 Å². The van der Waals surface area contributed by atoms with Crippen LogP contribution in [-0.2, 0) is 11.3 Å². The Morgan fingerprint density at radius 1 is 1.14 bits per heavy atom. The molecular formula is C18H25ClN2O.